The average molecular weight is 1690 g/mol. The van der Waals surface area contributed by atoms with Crippen molar-refractivity contribution in [2.75, 3.05) is 49.7 Å². The Morgan fingerprint density at radius 2 is 0.413 bits per heavy atom. The number of benzene rings is 10. The van der Waals surface area contributed by atoms with Crippen LogP contribution in [0.4, 0.5) is 0 Å². The molecule has 4 aliphatic carbocycles. The number of hydrogen-bond acceptors (Lipinski definition) is 2. The van der Waals surface area contributed by atoms with Gasteiger partial charge in [0.15, 0.2) is 0 Å². The first-order valence-corrected chi connectivity index (χ1v) is 49.7. The Labute approximate surface area is 689 Å². The van der Waals surface area contributed by atoms with Gasteiger partial charge >= 0.3 is 0 Å². The first-order chi connectivity index (χ1) is 49.4. The molecule has 4 saturated carbocycles. The maximum atomic E-state index is 2.62. The molecule has 0 radical (unpaired) electrons. The van der Waals surface area contributed by atoms with Gasteiger partial charge in [-0.05, 0) is 195 Å². The Kier molecular flexibility index (Phi) is 48.1. The zero-order valence-corrected chi connectivity index (χ0v) is 73.8. The largest absolute Gasteiger partial charge is 0.169 e. The van der Waals surface area contributed by atoms with E-state index in [4.69, 9.17) is 0 Å². The van der Waals surface area contributed by atoms with E-state index < -0.39 is 15.8 Å². The summed E-state index contributed by atoms with van der Waals surface area (Å²) in [5, 5.41) is 15.4. The Morgan fingerprint density at radius 3 is 0.606 bits per heavy atom. The van der Waals surface area contributed by atoms with Crippen LogP contribution in [0.2, 0.25) is 0 Å². The Balaban J connectivity index is 0.000000298. The van der Waals surface area contributed by atoms with Gasteiger partial charge in [0.2, 0.25) is 0 Å². The third kappa shape index (κ3) is 29.3. The summed E-state index contributed by atoms with van der Waals surface area (Å²) in [6.07, 6.45) is 36.4. The van der Waals surface area contributed by atoms with Gasteiger partial charge in [-0.1, -0.05) is 410 Å². The van der Waals surface area contributed by atoms with Crippen molar-refractivity contribution < 1.29 is 68.3 Å². The molecule has 4 fully saturated rings. The summed E-state index contributed by atoms with van der Waals surface area (Å²) in [5.74, 6) is 1.50. The molecule has 0 N–H and O–H groups in total. The zero-order chi connectivity index (χ0) is 69.6. The molecule has 0 bridgehead atoms. The van der Waals surface area contributed by atoms with Crippen LogP contribution in [-0.2, 0) is 68.3 Å². The normalized spacial score (nSPS) is 17.4. The van der Waals surface area contributed by atoms with Crippen LogP contribution in [0.15, 0.2) is 303 Å². The van der Waals surface area contributed by atoms with Crippen molar-refractivity contribution in [3.8, 4) is 0 Å². The summed E-state index contributed by atoms with van der Waals surface area (Å²) in [6.45, 7) is 5.25. The summed E-state index contributed by atoms with van der Waals surface area (Å²) in [4.78, 5) is 0. The molecule has 0 spiro atoms. The molecule has 4 aliphatic rings. The molecule has 10 aromatic rings. The third-order valence-corrected chi connectivity index (χ3v) is 38.0. The summed E-state index contributed by atoms with van der Waals surface area (Å²) >= 11 is 3.50. The minimum Gasteiger partial charge on any atom is -0.169 e. The van der Waals surface area contributed by atoms with Crippen LogP contribution in [0, 0.1) is 11.8 Å². The van der Waals surface area contributed by atoms with E-state index in [1.54, 1.807) is 55.4 Å². The van der Waals surface area contributed by atoms with E-state index in [0.29, 0.717) is 11.3 Å². The van der Waals surface area contributed by atoms with E-state index in [9.17, 15) is 0 Å². The maximum absolute atomic E-state index is 2.62. The van der Waals surface area contributed by atoms with Crippen molar-refractivity contribution in [3.05, 3.63) is 303 Å². The van der Waals surface area contributed by atoms with Crippen LogP contribution in [0.5, 0.6) is 0 Å². The predicted octanol–water partition coefficient (Wildman–Crippen LogP) is 23.1. The first-order valence-electron chi connectivity index (χ1n) is 37.4. The molecule has 12 heteroatoms. The van der Waals surface area contributed by atoms with Crippen LogP contribution in [0.25, 0.3) is 0 Å². The zero-order valence-electron chi connectivity index (χ0n) is 62.4. The Hall–Kier alpha value is -2.44. The van der Waals surface area contributed by atoms with E-state index in [1.807, 2.05) is 25.0 Å². The SMILES string of the molecule is C1CCCC1.C1CCCC1.CSC.CSC.C[C@H](C1CCCC1P(c1ccccc1)c1ccccc1)[P@@](CCP(c1ccccc1)c1ccccc1)c1ccccc1.C[C@H](C1CCCC1P(c1ccccc1)c1ccccc1)[P@@](CCP(c1ccccc1)c1ccccc1)c1ccccc1.[Fe].[Fe].[Fe].[Fe]. The van der Waals surface area contributed by atoms with E-state index in [1.165, 1.54) is 149 Å². The second-order valence-electron chi connectivity index (χ2n) is 26.9. The van der Waals surface area contributed by atoms with E-state index >= 15 is 0 Å². The molecule has 8 atom stereocenters. The standard InChI is InChI=1S/2C39H41P3.2C5H10.2C2H6S.4Fe/c2*1-32(38-28-17-29-39(38)42(36-24-13-5-14-25-36)37-26-15-6-16-27-37)40(33-18-7-2-8-19-33)30-31-41(34-20-9-3-10-21-34)35-22-11-4-12-23-35;2*1-2-4-5-3-1;2*1-3-2;;;;/h2*2-16,18-27,32,38-39H,17,28-31H2,1H3;2*1-5H2;2*1-2H3;;;;/t2*32-,38?,39?,40-;;;;;;;;/m11......../s1. The Morgan fingerprint density at radius 1 is 0.240 bits per heavy atom. The minimum absolute atomic E-state index is 0. The molecule has 14 rings (SSSR count). The van der Waals surface area contributed by atoms with Crippen LogP contribution in [0.3, 0.4) is 0 Å². The molecule has 10 aromatic carbocycles. The molecule has 556 valence electrons. The van der Waals surface area contributed by atoms with Crippen LogP contribution < -0.4 is 53.0 Å². The number of thioether (sulfide) groups is 2. The van der Waals surface area contributed by atoms with Gasteiger partial charge in [0.1, 0.15) is 0 Å². The summed E-state index contributed by atoms with van der Waals surface area (Å²) < 4.78 is 0. The quantitative estimate of drug-likeness (QED) is 0.0490. The van der Waals surface area contributed by atoms with Gasteiger partial charge in [0.05, 0.1) is 0 Å². The van der Waals surface area contributed by atoms with Gasteiger partial charge in [-0.25, -0.2) is 0 Å². The summed E-state index contributed by atoms with van der Waals surface area (Å²) in [7, 11) is -2.17. The summed E-state index contributed by atoms with van der Waals surface area (Å²) in [6, 6.07) is 114. The number of rotatable bonds is 22. The van der Waals surface area contributed by atoms with E-state index in [0.717, 1.165) is 23.2 Å². The summed E-state index contributed by atoms with van der Waals surface area (Å²) in [5.41, 5.74) is 2.85. The molecule has 0 aliphatic heterocycles. The van der Waals surface area contributed by atoms with E-state index in [2.05, 4.69) is 317 Å². The molecule has 0 amide bonds. The van der Waals surface area contributed by atoms with Crippen molar-refractivity contribution in [1.82, 2.24) is 0 Å². The molecular formula is C92H114Fe4P6S2. The van der Waals surface area contributed by atoms with Gasteiger partial charge in [0.25, 0.3) is 0 Å². The Bertz CT molecular complexity index is 3260. The topological polar surface area (TPSA) is 0 Å². The van der Waals surface area contributed by atoms with Gasteiger partial charge < -0.3 is 0 Å². The first kappa shape index (κ1) is 92.2. The van der Waals surface area contributed by atoms with E-state index in [-0.39, 0.29) is 100.0 Å². The van der Waals surface area contributed by atoms with Crippen molar-refractivity contribution in [2.24, 2.45) is 11.8 Å². The molecule has 0 aromatic heterocycles. The average Bonchev–Trinajstić information content (AvgIpc) is 1.56. The van der Waals surface area contributed by atoms with Gasteiger partial charge in [-0.15, -0.1) is 0 Å². The minimum atomic E-state index is -0.397. The number of hydrogen-bond donors (Lipinski definition) is 0. The van der Waals surface area contributed by atoms with Crippen molar-refractivity contribution >= 4 is 124 Å². The second kappa shape index (κ2) is 54.2. The van der Waals surface area contributed by atoms with Crippen molar-refractivity contribution in [2.45, 2.75) is 139 Å². The van der Waals surface area contributed by atoms with Crippen molar-refractivity contribution in [3.63, 3.8) is 0 Å². The molecule has 104 heavy (non-hydrogen) atoms. The third-order valence-electron chi connectivity index (χ3n) is 20.2. The van der Waals surface area contributed by atoms with Gasteiger partial charge in [0, 0.05) is 68.3 Å². The van der Waals surface area contributed by atoms with Crippen LogP contribution in [-0.4, -0.2) is 72.3 Å². The van der Waals surface area contributed by atoms with Gasteiger partial charge in [-0.3, -0.25) is 0 Å². The fraction of sp³-hybridized carbons (Fsp3) is 0.348. The van der Waals surface area contributed by atoms with Crippen molar-refractivity contribution in [1.29, 1.82) is 0 Å². The molecule has 4 unspecified atom stereocenters. The van der Waals surface area contributed by atoms with Gasteiger partial charge in [-0.2, -0.15) is 23.5 Å². The molecule has 0 heterocycles. The predicted molar refractivity (Wildman–Crippen MR) is 468 cm³/mol. The fourth-order valence-corrected chi connectivity index (χ4v) is 34.3. The van der Waals surface area contributed by atoms with Crippen LogP contribution in [0.1, 0.15) is 117 Å². The molecular weight excluding hydrogens is 1580 g/mol. The monoisotopic (exact) mass is 1690 g/mol. The maximum Gasteiger partial charge on any atom is 0 e. The second-order valence-corrected chi connectivity index (χ2v) is 43.6. The van der Waals surface area contributed by atoms with Crippen LogP contribution >= 0.6 is 71.1 Å². The molecule has 0 nitrogen and oxygen atoms in total. The molecule has 0 saturated heterocycles. The fourth-order valence-electron chi connectivity index (χ4n) is 15.4. The smallest absolute Gasteiger partial charge is 0 e.